The summed E-state index contributed by atoms with van der Waals surface area (Å²) < 4.78 is 1.68. The van der Waals surface area contributed by atoms with Gasteiger partial charge in [-0.2, -0.15) is 5.10 Å². The van der Waals surface area contributed by atoms with E-state index in [-0.39, 0.29) is 5.91 Å². The van der Waals surface area contributed by atoms with Crippen molar-refractivity contribution in [2.24, 2.45) is 0 Å². The van der Waals surface area contributed by atoms with E-state index in [0.29, 0.717) is 5.69 Å². The molecule has 1 aromatic heterocycles. The Morgan fingerprint density at radius 3 is 2.83 bits per heavy atom. The molecule has 1 rings (SSSR count). The fraction of sp³-hybridized carbons (Fsp3) is 0.500. The first-order chi connectivity index (χ1) is 5.65. The van der Waals surface area contributed by atoms with E-state index in [9.17, 15) is 4.79 Å². The first-order valence-corrected chi connectivity index (χ1v) is 3.82. The molecule has 1 amide bonds. The summed E-state index contributed by atoms with van der Waals surface area (Å²) in [5.41, 5.74) is 0.377. The van der Waals surface area contributed by atoms with Crippen LogP contribution in [0.25, 0.3) is 0 Å². The van der Waals surface area contributed by atoms with Gasteiger partial charge in [0, 0.05) is 32.9 Å². The van der Waals surface area contributed by atoms with E-state index < -0.39 is 0 Å². The fourth-order valence-corrected chi connectivity index (χ4v) is 0.800. The Kier molecular flexibility index (Phi) is 2.47. The van der Waals surface area contributed by atoms with Crippen molar-refractivity contribution in [2.75, 3.05) is 14.1 Å². The topological polar surface area (TPSA) is 38.1 Å². The lowest BCUT2D eigenvalue weighted by atomic mass is 10.4. The van der Waals surface area contributed by atoms with E-state index in [2.05, 4.69) is 11.2 Å². The minimum atomic E-state index is -0.109. The maximum Gasteiger partial charge on any atom is 0.274 e. The first-order valence-electron chi connectivity index (χ1n) is 3.82. The molecule has 0 aliphatic rings. The van der Waals surface area contributed by atoms with Crippen LogP contribution >= 0.6 is 0 Å². The molecule has 65 valence electrons. The highest BCUT2D eigenvalue weighted by atomic mass is 16.2. The summed E-state index contributed by atoms with van der Waals surface area (Å²) in [6.07, 6.45) is 1.68. The van der Waals surface area contributed by atoms with Crippen LogP contribution in [0.1, 0.15) is 17.4 Å². The van der Waals surface area contributed by atoms with E-state index >= 15 is 0 Å². The van der Waals surface area contributed by atoms with Gasteiger partial charge in [0.25, 0.3) is 5.91 Å². The van der Waals surface area contributed by atoms with Gasteiger partial charge in [0.2, 0.25) is 0 Å². The number of carbonyl (C=O) groups is 1. The molecule has 1 radical (unpaired) electrons. The van der Waals surface area contributed by atoms with Crippen LogP contribution in [0.3, 0.4) is 0 Å². The molecule has 0 unspecified atom stereocenters. The van der Waals surface area contributed by atoms with E-state index in [0.717, 1.165) is 6.54 Å². The number of aryl methyl sites for hydroxylation is 1. The van der Waals surface area contributed by atoms with E-state index in [4.69, 9.17) is 0 Å². The Morgan fingerprint density at radius 2 is 2.42 bits per heavy atom. The Hall–Kier alpha value is -1.32. The van der Waals surface area contributed by atoms with Crippen molar-refractivity contribution in [3.63, 3.8) is 0 Å². The Balaban J connectivity index is 2.82. The maximum atomic E-state index is 11.3. The molecule has 1 aromatic rings. The van der Waals surface area contributed by atoms with Crippen LogP contribution < -0.4 is 0 Å². The summed E-state index contributed by atoms with van der Waals surface area (Å²) in [5, 5.41) is 4.02. The Labute approximate surface area is 71.8 Å². The Morgan fingerprint density at radius 1 is 1.75 bits per heavy atom. The molecule has 1 heterocycles. The van der Waals surface area contributed by atoms with Crippen molar-refractivity contribution in [2.45, 2.75) is 13.5 Å². The van der Waals surface area contributed by atoms with Crippen LogP contribution in [0.4, 0.5) is 0 Å². The zero-order valence-electron chi connectivity index (χ0n) is 7.53. The summed E-state index contributed by atoms with van der Waals surface area (Å²) in [5.74, 6) is -0.109. The second kappa shape index (κ2) is 3.38. The number of hydrogen-bond acceptors (Lipinski definition) is 2. The van der Waals surface area contributed by atoms with Crippen molar-refractivity contribution in [3.8, 4) is 0 Å². The molecule has 0 saturated heterocycles. The molecule has 0 fully saturated rings. The molecule has 12 heavy (non-hydrogen) atoms. The van der Waals surface area contributed by atoms with E-state index in [1.54, 1.807) is 25.0 Å². The minimum absolute atomic E-state index is 0.109. The van der Waals surface area contributed by atoms with Crippen LogP contribution in [0, 0.1) is 6.07 Å². The highest BCUT2D eigenvalue weighted by Crippen LogP contribution is 1.97. The van der Waals surface area contributed by atoms with Gasteiger partial charge in [-0.25, -0.2) is 0 Å². The molecule has 0 aromatic carbocycles. The van der Waals surface area contributed by atoms with Crippen LogP contribution in [-0.4, -0.2) is 34.7 Å². The molecular formula is C8H12N3O. The quantitative estimate of drug-likeness (QED) is 0.638. The second-order valence-electron chi connectivity index (χ2n) is 2.68. The number of amides is 1. The monoisotopic (exact) mass is 166 g/mol. The lowest BCUT2D eigenvalue weighted by molar-refractivity contribution is 0.0820. The average Bonchev–Trinajstić information content (AvgIpc) is 2.50. The summed E-state index contributed by atoms with van der Waals surface area (Å²) in [6, 6.07) is 2.80. The summed E-state index contributed by atoms with van der Waals surface area (Å²) in [7, 11) is 3.39. The predicted octanol–water partition coefficient (Wildman–Crippen LogP) is 0.405. The van der Waals surface area contributed by atoms with Gasteiger partial charge in [-0.15, -0.1) is 0 Å². The van der Waals surface area contributed by atoms with Gasteiger partial charge in [-0.1, -0.05) is 0 Å². The lowest BCUT2D eigenvalue weighted by Gasteiger charge is -2.06. The van der Waals surface area contributed by atoms with Crippen molar-refractivity contribution in [1.82, 2.24) is 14.7 Å². The summed E-state index contributed by atoms with van der Waals surface area (Å²) in [6.45, 7) is 2.72. The minimum Gasteiger partial charge on any atom is -0.343 e. The van der Waals surface area contributed by atoms with Gasteiger partial charge in [0.05, 0.1) is 0 Å². The molecule has 0 saturated carbocycles. The number of aromatic nitrogens is 2. The third-order valence-electron chi connectivity index (χ3n) is 1.51. The summed E-state index contributed by atoms with van der Waals surface area (Å²) >= 11 is 0. The molecule has 0 atom stereocenters. The molecule has 0 N–H and O–H groups in total. The van der Waals surface area contributed by atoms with Crippen LogP contribution in [-0.2, 0) is 6.54 Å². The first kappa shape index (κ1) is 8.77. The predicted molar refractivity (Wildman–Crippen MR) is 44.8 cm³/mol. The van der Waals surface area contributed by atoms with Gasteiger partial charge in [-0.05, 0) is 6.92 Å². The molecule has 4 nitrogen and oxygen atoms in total. The van der Waals surface area contributed by atoms with E-state index in [1.807, 2.05) is 6.92 Å². The zero-order chi connectivity index (χ0) is 9.14. The highest BCUT2D eigenvalue weighted by molar-refractivity contribution is 5.91. The van der Waals surface area contributed by atoms with E-state index in [1.165, 1.54) is 4.90 Å². The largest absolute Gasteiger partial charge is 0.343 e. The molecule has 0 bridgehead atoms. The van der Waals surface area contributed by atoms with Crippen LogP contribution in [0.5, 0.6) is 0 Å². The SMILES string of the molecule is CCn1c[c]c(C(=O)N(C)C)n1. The average molecular weight is 166 g/mol. The third kappa shape index (κ3) is 1.64. The maximum absolute atomic E-state index is 11.3. The van der Waals surface area contributed by atoms with Crippen LogP contribution in [0.15, 0.2) is 6.20 Å². The van der Waals surface area contributed by atoms with Crippen LogP contribution in [0.2, 0.25) is 0 Å². The molecule has 0 aliphatic carbocycles. The molecular weight excluding hydrogens is 154 g/mol. The summed E-state index contributed by atoms with van der Waals surface area (Å²) in [4.78, 5) is 12.8. The molecule has 4 heteroatoms. The highest BCUT2D eigenvalue weighted by Gasteiger charge is 2.10. The lowest BCUT2D eigenvalue weighted by Crippen LogP contribution is -2.22. The Bertz CT molecular complexity index is 278. The fourth-order valence-electron chi connectivity index (χ4n) is 0.800. The normalized spacial score (nSPS) is 9.92. The van der Waals surface area contributed by atoms with Gasteiger partial charge in [-0.3, -0.25) is 9.48 Å². The molecule has 0 spiro atoms. The smallest absolute Gasteiger partial charge is 0.274 e. The number of rotatable bonds is 2. The standard InChI is InChI=1S/C8H12N3O/c1-4-11-6-5-7(9-11)8(12)10(2)3/h6H,4H2,1-3H3. The number of carbonyl (C=O) groups excluding carboxylic acids is 1. The second-order valence-corrected chi connectivity index (χ2v) is 2.68. The van der Waals surface area contributed by atoms with Gasteiger partial charge >= 0.3 is 0 Å². The zero-order valence-corrected chi connectivity index (χ0v) is 7.53. The van der Waals surface area contributed by atoms with Crippen molar-refractivity contribution >= 4 is 5.91 Å². The van der Waals surface area contributed by atoms with Crippen molar-refractivity contribution < 1.29 is 4.79 Å². The van der Waals surface area contributed by atoms with Gasteiger partial charge < -0.3 is 4.90 Å². The van der Waals surface area contributed by atoms with Crippen molar-refractivity contribution in [3.05, 3.63) is 18.0 Å². The van der Waals surface area contributed by atoms with Gasteiger partial charge in [0.15, 0.2) is 5.69 Å². The molecule has 0 aliphatic heterocycles. The number of nitrogens with zero attached hydrogens (tertiary/aromatic N) is 3. The third-order valence-corrected chi connectivity index (χ3v) is 1.51. The van der Waals surface area contributed by atoms with Crippen molar-refractivity contribution in [1.29, 1.82) is 0 Å². The number of hydrogen-bond donors (Lipinski definition) is 0. The van der Waals surface area contributed by atoms with Gasteiger partial charge in [0.1, 0.15) is 0 Å².